The minimum absolute atomic E-state index is 0.104. The first kappa shape index (κ1) is 12.0. The fraction of sp³-hybridized carbons (Fsp3) is 0.500. The highest BCUT2D eigenvalue weighted by molar-refractivity contribution is 5.71. The molecule has 0 radical (unpaired) electrons. The average Bonchev–Trinajstić information content (AvgIpc) is 2.58. The quantitative estimate of drug-likeness (QED) is 0.802. The maximum atomic E-state index is 11.8. The SMILES string of the molecule is CC(C)CN1C(=O)O[C@@H](c2ccccc2)[C@H]1C. The molecule has 3 heteroatoms. The molecule has 1 aliphatic heterocycles. The van der Waals surface area contributed by atoms with Crippen molar-refractivity contribution in [3.05, 3.63) is 35.9 Å². The van der Waals surface area contributed by atoms with Gasteiger partial charge in [-0.3, -0.25) is 0 Å². The second-order valence-electron chi connectivity index (χ2n) is 5.00. The van der Waals surface area contributed by atoms with E-state index in [9.17, 15) is 4.79 Å². The number of carbonyl (C=O) groups excluding carboxylic acids is 1. The Kier molecular flexibility index (Phi) is 3.36. The first-order chi connectivity index (χ1) is 8.09. The number of carbonyl (C=O) groups is 1. The molecule has 1 aromatic carbocycles. The number of ether oxygens (including phenoxy) is 1. The van der Waals surface area contributed by atoms with E-state index in [0.29, 0.717) is 5.92 Å². The Labute approximate surface area is 102 Å². The molecule has 3 nitrogen and oxygen atoms in total. The summed E-state index contributed by atoms with van der Waals surface area (Å²) in [7, 11) is 0. The first-order valence-electron chi connectivity index (χ1n) is 6.11. The minimum atomic E-state index is -0.194. The van der Waals surface area contributed by atoms with Crippen molar-refractivity contribution in [1.29, 1.82) is 0 Å². The number of hydrogen-bond acceptors (Lipinski definition) is 2. The van der Waals surface area contributed by atoms with Gasteiger partial charge in [-0.2, -0.15) is 0 Å². The lowest BCUT2D eigenvalue weighted by Crippen LogP contribution is -2.34. The van der Waals surface area contributed by atoms with E-state index in [1.54, 1.807) is 0 Å². The number of hydrogen-bond donors (Lipinski definition) is 0. The van der Waals surface area contributed by atoms with Crippen LogP contribution in [0.4, 0.5) is 4.79 Å². The molecule has 0 aliphatic carbocycles. The maximum Gasteiger partial charge on any atom is 0.410 e. The van der Waals surface area contributed by atoms with Crippen molar-refractivity contribution in [3.8, 4) is 0 Å². The maximum absolute atomic E-state index is 11.8. The molecule has 1 aliphatic rings. The molecule has 92 valence electrons. The van der Waals surface area contributed by atoms with Gasteiger partial charge in [-0.15, -0.1) is 0 Å². The van der Waals surface area contributed by atoms with Crippen LogP contribution in [-0.2, 0) is 4.74 Å². The van der Waals surface area contributed by atoms with E-state index in [1.165, 1.54) is 0 Å². The topological polar surface area (TPSA) is 29.5 Å². The molecule has 17 heavy (non-hydrogen) atoms. The van der Waals surface area contributed by atoms with Gasteiger partial charge < -0.3 is 9.64 Å². The van der Waals surface area contributed by atoms with Crippen molar-refractivity contribution >= 4 is 6.09 Å². The smallest absolute Gasteiger partial charge is 0.410 e. The third kappa shape index (κ3) is 2.43. The van der Waals surface area contributed by atoms with Crippen LogP contribution in [0, 0.1) is 5.92 Å². The minimum Gasteiger partial charge on any atom is -0.439 e. The second kappa shape index (κ2) is 4.78. The van der Waals surface area contributed by atoms with Gasteiger partial charge in [0.1, 0.15) is 6.10 Å². The van der Waals surface area contributed by atoms with Gasteiger partial charge in [0, 0.05) is 6.54 Å². The number of nitrogens with zero attached hydrogens (tertiary/aromatic N) is 1. The largest absolute Gasteiger partial charge is 0.439 e. The van der Waals surface area contributed by atoms with E-state index in [4.69, 9.17) is 4.74 Å². The molecule has 0 bridgehead atoms. The predicted octanol–water partition coefficient (Wildman–Crippen LogP) is 3.22. The molecule has 0 spiro atoms. The number of cyclic esters (lactones) is 1. The van der Waals surface area contributed by atoms with Gasteiger partial charge in [-0.25, -0.2) is 4.79 Å². The Morgan fingerprint density at radius 1 is 1.29 bits per heavy atom. The molecule has 0 N–H and O–H groups in total. The summed E-state index contributed by atoms with van der Waals surface area (Å²) in [5.74, 6) is 0.458. The molecule has 0 saturated carbocycles. The lowest BCUT2D eigenvalue weighted by Gasteiger charge is -2.22. The zero-order valence-electron chi connectivity index (χ0n) is 10.6. The van der Waals surface area contributed by atoms with Crippen LogP contribution in [0.2, 0.25) is 0 Å². The fourth-order valence-corrected chi connectivity index (χ4v) is 2.23. The summed E-state index contributed by atoms with van der Waals surface area (Å²) in [6.07, 6.45) is -0.331. The van der Waals surface area contributed by atoms with Crippen molar-refractivity contribution in [2.75, 3.05) is 6.54 Å². The Balaban J connectivity index is 2.16. The first-order valence-corrected chi connectivity index (χ1v) is 6.11. The molecule has 2 rings (SSSR count). The normalized spacial score (nSPS) is 24.2. The van der Waals surface area contributed by atoms with E-state index in [1.807, 2.05) is 42.2 Å². The van der Waals surface area contributed by atoms with Gasteiger partial charge in [0.05, 0.1) is 6.04 Å². The zero-order valence-corrected chi connectivity index (χ0v) is 10.6. The molecule has 2 atom stereocenters. The Morgan fingerprint density at radius 2 is 1.94 bits per heavy atom. The van der Waals surface area contributed by atoms with Crippen LogP contribution in [0.15, 0.2) is 30.3 Å². The fourth-order valence-electron chi connectivity index (χ4n) is 2.23. The zero-order chi connectivity index (χ0) is 12.4. The molecule has 1 heterocycles. The molecular weight excluding hydrogens is 214 g/mol. The summed E-state index contributed by atoms with van der Waals surface area (Å²) >= 11 is 0. The highest BCUT2D eigenvalue weighted by atomic mass is 16.6. The van der Waals surface area contributed by atoms with Gasteiger partial charge in [-0.05, 0) is 18.4 Å². The summed E-state index contributed by atoms with van der Waals surface area (Å²) in [4.78, 5) is 13.6. The second-order valence-corrected chi connectivity index (χ2v) is 5.00. The molecule has 1 amide bonds. The highest BCUT2D eigenvalue weighted by Crippen LogP contribution is 2.32. The van der Waals surface area contributed by atoms with Crippen molar-refractivity contribution in [2.45, 2.75) is 32.9 Å². The van der Waals surface area contributed by atoms with Gasteiger partial charge in [0.2, 0.25) is 0 Å². The molecular formula is C14H19NO2. The van der Waals surface area contributed by atoms with E-state index < -0.39 is 0 Å². The van der Waals surface area contributed by atoms with Crippen LogP contribution in [0.5, 0.6) is 0 Å². The van der Waals surface area contributed by atoms with Crippen LogP contribution in [-0.4, -0.2) is 23.6 Å². The van der Waals surface area contributed by atoms with Crippen molar-refractivity contribution < 1.29 is 9.53 Å². The van der Waals surface area contributed by atoms with E-state index in [-0.39, 0.29) is 18.2 Å². The molecule has 0 unspecified atom stereocenters. The van der Waals surface area contributed by atoms with E-state index in [0.717, 1.165) is 12.1 Å². The van der Waals surface area contributed by atoms with Crippen LogP contribution in [0.1, 0.15) is 32.4 Å². The van der Waals surface area contributed by atoms with Crippen molar-refractivity contribution in [2.24, 2.45) is 5.92 Å². The predicted molar refractivity (Wildman–Crippen MR) is 66.7 cm³/mol. The lowest BCUT2D eigenvalue weighted by molar-refractivity contribution is 0.130. The summed E-state index contributed by atoms with van der Waals surface area (Å²) in [5, 5.41) is 0. The third-order valence-corrected chi connectivity index (χ3v) is 3.08. The van der Waals surface area contributed by atoms with Crippen LogP contribution >= 0.6 is 0 Å². The molecule has 1 aromatic rings. The van der Waals surface area contributed by atoms with E-state index in [2.05, 4.69) is 13.8 Å². The van der Waals surface area contributed by atoms with E-state index >= 15 is 0 Å². The van der Waals surface area contributed by atoms with Gasteiger partial charge in [0.25, 0.3) is 0 Å². The van der Waals surface area contributed by atoms with Crippen molar-refractivity contribution in [3.63, 3.8) is 0 Å². The lowest BCUT2D eigenvalue weighted by atomic mass is 10.0. The summed E-state index contributed by atoms with van der Waals surface area (Å²) < 4.78 is 5.46. The Bertz CT molecular complexity index is 388. The van der Waals surface area contributed by atoms with Crippen molar-refractivity contribution in [1.82, 2.24) is 4.90 Å². The van der Waals surface area contributed by atoms with Gasteiger partial charge in [-0.1, -0.05) is 44.2 Å². The average molecular weight is 233 g/mol. The third-order valence-electron chi connectivity index (χ3n) is 3.08. The van der Waals surface area contributed by atoms with Gasteiger partial charge >= 0.3 is 6.09 Å². The summed E-state index contributed by atoms with van der Waals surface area (Å²) in [6, 6.07) is 10.0. The number of amides is 1. The van der Waals surface area contributed by atoms with Crippen LogP contribution < -0.4 is 0 Å². The molecule has 1 saturated heterocycles. The number of rotatable bonds is 3. The molecule has 1 fully saturated rings. The van der Waals surface area contributed by atoms with Crippen LogP contribution in [0.3, 0.4) is 0 Å². The Morgan fingerprint density at radius 3 is 2.53 bits per heavy atom. The monoisotopic (exact) mass is 233 g/mol. The molecule has 0 aromatic heterocycles. The number of benzene rings is 1. The van der Waals surface area contributed by atoms with Crippen LogP contribution in [0.25, 0.3) is 0 Å². The summed E-state index contributed by atoms with van der Waals surface area (Å²) in [5.41, 5.74) is 1.07. The highest BCUT2D eigenvalue weighted by Gasteiger charge is 2.39. The standard InChI is InChI=1S/C14H19NO2/c1-10(2)9-15-11(3)13(17-14(15)16)12-7-5-4-6-8-12/h4-8,10-11,13H,9H2,1-3H3/t11-,13-/m1/s1. The Hall–Kier alpha value is -1.51. The summed E-state index contributed by atoms with van der Waals surface area (Å²) in [6.45, 7) is 7.01. The van der Waals surface area contributed by atoms with Gasteiger partial charge in [0.15, 0.2) is 0 Å².